The van der Waals surface area contributed by atoms with Crippen LogP contribution in [-0.4, -0.2) is 75.4 Å². The van der Waals surface area contributed by atoms with Gasteiger partial charge in [0.25, 0.3) is 0 Å². The van der Waals surface area contributed by atoms with Crippen molar-refractivity contribution in [3.63, 3.8) is 0 Å². The standard InChI is InChI=1S/C27H31NO5.C2H2O4/c1-29-24-14-9-15-25(30-2)26(24)31-17-16-28-18-23-19-33-27(20-32-23,21-10-5-3-6-11-21)22-12-7-4-8-13-22;3-1(4)2(5)6/h3-15,23,28H,16-20H2,1-2H3;(H,3,4)(H,5,6). The number of benzene rings is 3. The molecule has 1 heterocycles. The first kappa shape index (κ1) is 29.4. The molecular weight excluding hydrogens is 506 g/mol. The molecule has 3 aromatic carbocycles. The summed E-state index contributed by atoms with van der Waals surface area (Å²) < 4.78 is 29.4. The average Bonchev–Trinajstić information content (AvgIpc) is 2.98. The third-order valence-corrected chi connectivity index (χ3v) is 5.98. The minimum atomic E-state index is -1.82. The van der Waals surface area contributed by atoms with Gasteiger partial charge in [0.15, 0.2) is 11.5 Å². The van der Waals surface area contributed by atoms with E-state index in [9.17, 15) is 0 Å². The van der Waals surface area contributed by atoms with Gasteiger partial charge in [-0.05, 0) is 23.3 Å². The summed E-state index contributed by atoms with van der Waals surface area (Å²) in [5.74, 6) is -1.74. The van der Waals surface area contributed by atoms with Crippen molar-refractivity contribution in [2.24, 2.45) is 0 Å². The van der Waals surface area contributed by atoms with Gasteiger partial charge in [0.2, 0.25) is 5.75 Å². The smallest absolute Gasteiger partial charge is 0.414 e. The fraction of sp³-hybridized carbons (Fsp3) is 0.310. The quantitative estimate of drug-likeness (QED) is 0.261. The number of rotatable bonds is 10. The molecule has 3 aromatic rings. The monoisotopic (exact) mass is 539 g/mol. The predicted octanol–water partition coefficient (Wildman–Crippen LogP) is 3.19. The van der Waals surface area contributed by atoms with Gasteiger partial charge >= 0.3 is 11.9 Å². The highest BCUT2D eigenvalue weighted by atomic mass is 16.6. The molecule has 0 aliphatic carbocycles. The van der Waals surface area contributed by atoms with Crippen LogP contribution in [0.15, 0.2) is 78.9 Å². The van der Waals surface area contributed by atoms with Gasteiger partial charge in [-0.1, -0.05) is 66.7 Å². The lowest BCUT2D eigenvalue weighted by Crippen LogP contribution is -2.48. The van der Waals surface area contributed by atoms with E-state index in [0.29, 0.717) is 50.2 Å². The molecule has 0 bridgehead atoms. The summed E-state index contributed by atoms with van der Waals surface area (Å²) in [6, 6.07) is 26.1. The van der Waals surface area contributed by atoms with Gasteiger partial charge in [0.1, 0.15) is 12.2 Å². The predicted molar refractivity (Wildman–Crippen MR) is 143 cm³/mol. The fourth-order valence-corrected chi connectivity index (χ4v) is 4.04. The second kappa shape index (κ2) is 14.7. The molecule has 10 nitrogen and oxygen atoms in total. The van der Waals surface area contributed by atoms with Crippen molar-refractivity contribution < 1.29 is 43.5 Å². The molecule has 0 amide bonds. The van der Waals surface area contributed by atoms with Crippen molar-refractivity contribution in [3.8, 4) is 17.2 Å². The zero-order valence-corrected chi connectivity index (χ0v) is 21.9. The number of hydrogen-bond donors (Lipinski definition) is 3. The molecule has 4 rings (SSSR count). The Kier molecular flexibility index (Phi) is 11.1. The van der Waals surface area contributed by atoms with Gasteiger partial charge < -0.3 is 39.2 Å². The second-order valence-corrected chi connectivity index (χ2v) is 8.46. The van der Waals surface area contributed by atoms with E-state index in [0.717, 1.165) is 11.1 Å². The van der Waals surface area contributed by atoms with Crippen LogP contribution in [0.4, 0.5) is 0 Å². The molecular formula is C29H33NO9. The Labute approximate surface area is 227 Å². The fourth-order valence-electron chi connectivity index (χ4n) is 4.04. The number of carboxylic acid groups (broad SMARTS) is 2. The van der Waals surface area contributed by atoms with Crippen molar-refractivity contribution in [1.29, 1.82) is 0 Å². The molecule has 1 atom stereocenters. The van der Waals surface area contributed by atoms with Crippen LogP contribution in [0.5, 0.6) is 17.2 Å². The molecule has 0 radical (unpaired) electrons. The van der Waals surface area contributed by atoms with Crippen LogP contribution < -0.4 is 19.5 Å². The van der Waals surface area contributed by atoms with Crippen molar-refractivity contribution in [1.82, 2.24) is 5.32 Å². The van der Waals surface area contributed by atoms with Gasteiger partial charge in [-0.3, -0.25) is 0 Å². The topological polar surface area (TPSA) is 133 Å². The first-order valence-electron chi connectivity index (χ1n) is 12.3. The summed E-state index contributed by atoms with van der Waals surface area (Å²) in [6.45, 7) is 2.76. The molecule has 208 valence electrons. The zero-order chi connectivity index (χ0) is 28.1. The summed E-state index contributed by atoms with van der Waals surface area (Å²) in [6.07, 6.45) is -0.0358. The van der Waals surface area contributed by atoms with Gasteiger partial charge in [0.05, 0.1) is 33.5 Å². The highest BCUT2D eigenvalue weighted by Gasteiger charge is 2.40. The summed E-state index contributed by atoms with van der Waals surface area (Å²) in [5, 5.41) is 18.2. The number of carboxylic acids is 2. The van der Waals surface area contributed by atoms with Gasteiger partial charge in [-0.15, -0.1) is 0 Å². The van der Waals surface area contributed by atoms with E-state index in [2.05, 4.69) is 29.6 Å². The van der Waals surface area contributed by atoms with Crippen molar-refractivity contribution in [2.45, 2.75) is 11.7 Å². The number of carbonyl (C=O) groups is 2. The third kappa shape index (κ3) is 7.93. The Balaban J connectivity index is 0.000000631. The van der Waals surface area contributed by atoms with Crippen LogP contribution in [0.25, 0.3) is 0 Å². The lowest BCUT2D eigenvalue weighted by molar-refractivity contribution is -0.175. The minimum Gasteiger partial charge on any atom is -0.493 e. The number of aliphatic carboxylic acids is 2. The lowest BCUT2D eigenvalue weighted by Gasteiger charge is -2.41. The first-order chi connectivity index (χ1) is 18.9. The summed E-state index contributed by atoms with van der Waals surface area (Å²) in [5.41, 5.74) is 1.60. The zero-order valence-electron chi connectivity index (χ0n) is 21.9. The minimum absolute atomic E-state index is 0.0358. The summed E-state index contributed by atoms with van der Waals surface area (Å²) in [4.78, 5) is 18.2. The molecule has 0 saturated carbocycles. The van der Waals surface area contributed by atoms with Crippen molar-refractivity contribution in [3.05, 3.63) is 90.0 Å². The van der Waals surface area contributed by atoms with Crippen LogP contribution in [-0.2, 0) is 24.7 Å². The maximum atomic E-state index is 9.10. The molecule has 0 aromatic heterocycles. The number of para-hydroxylation sites is 1. The molecule has 1 aliphatic heterocycles. The molecule has 1 aliphatic rings. The molecule has 0 spiro atoms. The van der Waals surface area contributed by atoms with Crippen LogP contribution in [0.1, 0.15) is 11.1 Å². The van der Waals surface area contributed by atoms with Gasteiger partial charge in [-0.2, -0.15) is 0 Å². The number of hydrogen-bond acceptors (Lipinski definition) is 8. The Morgan fingerprint density at radius 2 is 1.41 bits per heavy atom. The molecule has 1 saturated heterocycles. The van der Waals surface area contributed by atoms with E-state index < -0.39 is 17.5 Å². The maximum absolute atomic E-state index is 9.10. The maximum Gasteiger partial charge on any atom is 0.414 e. The van der Waals surface area contributed by atoms with E-state index in [1.807, 2.05) is 54.6 Å². The highest BCUT2D eigenvalue weighted by Crippen LogP contribution is 2.38. The molecule has 3 N–H and O–H groups in total. The highest BCUT2D eigenvalue weighted by molar-refractivity contribution is 6.27. The van der Waals surface area contributed by atoms with E-state index >= 15 is 0 Å². The lowest BCUT2D eigenvalue weighted by atomic mass is 9.86. The van der Waals surface area contributed by atoms with Crippen LogP contribution in [0.2, 0.25) is 0 Å². The molecule has 10 heteroatoms. The third-order valence-electron chi connectivity index (χ3n) is 5.98. The second-order valence-electron chi connectivity index (χ2n) is 8.46. The van der Waals surface area contributed by atoms with Crippen LogP contribution in [0.3, 0.4) is 0 Å². The van der Waals surface area contributed by atoms with Gasteiger partial charge in [-0.25, -0.2) is 9.59 Å². The van der Waals surface area contributed by atoms with Gasteiger partial charge in [0, 0.05) is 13.1 Å². The average molecular weight is 540 g/mol. The normalized spacial score (nSPS) is 15.8. The molecule has 1 fully saturated rings. The van der Waals surface area contributed by atoms with Crippen molar-refractivity contribution >= 4 is 11.9 Å². The molecule has 1 unspecified atom stereocenters. The Bertz CT molecular complexity index is 1100. The van der Waals surface area contributed by atoms with E-state index in [1.54, 1.807) is 14.2 Å². The SMILES string of the molecule is COc1cccc(OC)c1OCCNCC1COC(c2ccccc2)(c2ccccc2)CO1.O=C(O)C(=O)O. The summed E-state index contributed by atoms with van der Waals surface area (Å²) >= 11 is 0. The number of methoxy groups -OCH3 is 2. The van der Waals surface area contributed by atoms with Crippen molar-refractivity contribution in [2.75, 3.05) is 47.1 Å². The Hall–Kier alpha value is -4.12. The Morgan fingerprint density at radius 3 is 1.85 bits per heavy atom. The number of nitrogens with one attached hydrogen (secondary N) is 1. The van der Waals surface area contributed by atoms with E-state index in [4.69, 9.17) is 43.5 Å². The number of ether oxygens (including phenoxy) is 5. The first-order valence-corrected chi connectivity index (χ1v) is 12.3. The van der Waals surface area contributed by atoms with Crippen LogP contribution in [0, 0.1) is 0 Å². The Morgan fingerprint density at radius 1 is 0.872 bits per heavy atom. The van der Waals surface area contributed by atoms with Crippen LogP contribution >= 0.6 is 0 Å². The summed E-state index contributed by atoms with van der Waals surface area (Å²) in [7, 11) is 3.23. The van der Waals surface area contributed by atoms with E-state index in [1.165, 1.54) is 0 Å². The largest absolute Gasteiger partial charge is 0.493 e. The van der Waals surface area contributed by atoms with E-state index in [-0.39, 0.29) is 6.10 Å². The molecule has 39 heavy (non-hydrogen) atoms.